The fraction of sp³-hybridized carbons (Fsp3) is 0.286. The number of aliphatic carboxylic acids is 1. The van der Waals surface area contributed by atoms with Gasteiger partial charge in [0.1, 0.15) is 19.2 Å². The highest BCUT2D eigenvalue weighted by Crippen LogP contribution is 2.44. The minimum Gasteiger partial charge on any atom is -0.480 e. The number of rotatable bonds is 14. The van der Waals surface area contributed by atoms with E-state index in [0.717, 1.165) is 38.9 Å². The molecule has 0 aliphatic heterocycles. The second-order valence-electron chi connectivity index (χ2n) is 11.6. The second-order valence-corrected chi connectivity index (χ2v) is 11.6. The molecular weight excluding hydrogens is 616 g/mol. The summed E-state index contributed by atoms with van der Waals surface area (Å²) in [6, 6.07) is 24.6. The molecule has 4 aromatic rings. The van der Waals surface area contributed by atoms with Gasteiger partial charge in [-0.1, -0.05) is 66.7 Å². The van der Waals surface area contributed by atoms with Gasteiger partial charge in [-0.2, -0.15) is 0 Å². The molecule has 1 heterocycles. The Balaban J connectivity index is 1.23. The highest BCUT2D eigenvalue weighted by atomic mass is 16.6. The van der Waals surface area contributed by atoms with Gasteiger partial charge in [0, 0.05) is 44.2 Å². The fourth-order valence-corrected chi connectivity index (χ4v) is 6.01. The van der Waals surface area contributed by atoms with Crippen molar-refractivity contribution in [2.24, 2.45) is 5.73 Å². The van der Waals surface area contributed by atoms with E-state index in [2.05, 4.69) is 34.9 Å². The molecule has 1 aliphatic carbocycles. The van der Waals surface area contributed by atoms with E-state index in [9.17, 15) is 24.0 Å². The molecule has 1 atom stereocenters. The van der Waals surface area contributed by atoms with Gasteiger partial charge in [-0.05, 0) is 39.8 Å². The fourth-order valence-electron chi connectivity index (χ4n) is 6.01. The van der Waals surface area contributed by atoms with Crippen LogP contribution in [-0.2, 0) is 37.0 Å². The first-order valence-corrected chi connectivity index (χ1v) is 15.5. The number of para-hydroxylation sites is 1. The Morgan fingerprint density at radius 2 is 1.56 bits per heavy atom. The van der Waals surface area contributed by atoms with E-state index in [0.29, 0.717) is 6.54 Å². The maximum atomic E-state index is 13.2. The number of hydrazine groups is 1. The summed E-state index contributed by atoms with van der Waals surface area (Å²) in [7, 11) is 3.40. The number of aromatic nitrogens is 1. The number of aryl methyl sites for hydroxylation is 1. The number of benzene rings is 3. The van der Waals surface area contributed by atoms with Crippen LogP contribution in [0.2, 0.25) is 0 Å². The summed E-state index contributed by atoms with van der Waals surface area (Å²) in [6.45, 7) is 0.0439. The van der Waals surface area contributed by atoms with Crippen molar-refractivity contribution in [1.82, 2.24) is 25.2 Å². The third kappa shape index (κ3) is 7.64. The predicted octanol–water partition coefficient (Wildman–Crippen LogP) is 2.82. The van der Waals surface area contributed by atoms with Gasteiger partial charge in [0.15, 0.2) is 0 Å². The minimum absolute atomic E-state index is 0.0565. The highest BCUT2D eigenvalue weighted by molar-refractivity contribution is 5.93. The van der Waals surface area contributed by atoms with Crippen molar-refractivity contribution in [1.29, 1.82) is 0 Å². The summed E-state index contributed by atoms with van der Waals surface area (Å²) >= 11 is 0. The molecule has 0 radical (unpaired) electrons. The normalized spacial score (nSPS) is 12.6. The number of carboxylic acid groups (broad SMARTS) is 1. The van der Waals surface area contributed by atoms with Crippen LogP contribution in [0.1, 0.15) is 35.6 Å². The molecule has 5 N–H and O–H groups in total. The molecule has 13 heteroatoms. The van der Waals surface area contributed by atoms with E-state index in [1.165, 1.54) is 5.01 Å². The lowest BCUT2D eigenvalue weighted by Gasteiger charge is -2.28. The summed E-state index contributed by atoms with van der Waals surface area (Å²) in [4.78, 5) is 60.9. The van der Waals surface area contributed by atoms with Crippen LogP contribution in [0.25, 0.3) is 22.0 Å². The quantitative estimate of drug-likeness (QED) is 0.150. The number of primary amides is 1. The Morgan fingerprint density at radius 1 is 0.938 bits per heavy atom. The number of amides is 4. The van der Waals surface area contributed by atoms with E-state index in [1.54, 1.807) is 19.1 Å². The van der Waals surface area contributed by atoms with E-state index < -0.39 is 48.8 Å². The van der Waals surface area contributed by atoms with Gasteiger partial charge < -0.3 is 30.8 Å². The highest BCUT2D eigenvalue weighted by Gasteiger charge is 2.30. The molecule has 0 saturated heterocycles. The summed E-state index contributed by atoms with van der Waals surface area (Å²) in [5.74, 6) is -3.52. The van der Waals surface area contributed by atoms with Gasteiger partial charge in [0.05, 0.1) is 13.0 Å². The molecule has 250 valence electrons. The number of carbonyl (C=O) groups excluding carboxylic acids is 4. The molecule has 0 bridgehead atoms. The Hall–Kier alpha value is -5.69. The van der Waals surface area contributed by atoms with Crippen molar-refractivity contribution < 1.29 is 33.8 Å². The van der Waals surface area contributed by atoms with Crippen molar-refractivity contribution in [3.63, 3.8) is 0 Å². The number of carboxylic acids is 1. The number of ether oxygens (including phenoxy) is 1. The van der Waals surface area contributed by atoms with Crippen LogP contribution in [0.15, 0.2) is 78.9 Å². The van der Waals surface area contributed by atoms with E-state index in [-0.39, 0.29) is 25.5 Å². The lowest BCUT2D eigenvalue weighted by Crippen LogP contribution is -2.49. The number of hydrogen-bond acceptors (Lipinski definition) is 7. The molecule has 1 unspecified atom stereocenters. The van der Waals surface area contributed by atoms with Crippen LogP contribution in [0.5, 0.6) is 0 Å². The molecular formula is C35H38N6O7. The van der Waals surface area contributed by atoms with E-state index in [4.69, 9.17) is 15.6 Å². The van der Waals surface area contributed by atoms with Crippen molar-refractivity contribution >= 4 is 40.7 Å². The van der Waals surface area contributed by atoms with Gasteiger partial charge in [-0.25, -0.2) is 14.8 Å². The standard InChI is InChI=1S/C35H38N6O7/c1-39(40(2)35(47)48-21-28-26-12-6-4-10-24(26)25-11-5-7-13-27(25)28)20-23-17-22-9-3-8-14-30(22)41(23)16-15-32(43)38-29(18-31(36)42)34(46)37-19-33(44)45/h3-14,17,28-29H,15-16,18-21H2,1-2H3,(H2,36,42)(H,37,46)(H,38,43)(H,44,45). The summed E-state index contributed by atoms with van der Waals surface area (Å²) in [5.41, 5.74) is 11.5. The molecule has 5 rings (SSSR count). The minimum atomic E-state index is -1.31. The first kappa shape index (κ1) is 33.7. The average Bonchev–Trinajstić information content (AvgIpc) is 3.58. The maximum Gasteiger partial charge on any atom is 0.424 e. The van der Waals surface area contributed by atoms with Crippen LogP contribution < -0.4 is 16.4 Å². The van der Waals surface area contributed by atoms with Gasteiger partial charge in [0.25, 0.3) is 0 Å². The molecule has 13 nitrogen and oxygen atoms in total. The first-order valence-electron chi connectivity index (χ1n) is 15.5. The monoisotopic (exact) mass is 654 g/mol. The topological polar surface area (TPSA) is 176 Å². The number of nitrogens with two attached hydrogens (primary N) is 1. The molecule has 1 aromatic heterocycles. The lowest BCUT2D eigenvalue weighted by atomic mass is 9.98. The number of carbonyl (C=O) groups is 5. The van der Waals surface area contributed by atoms with Crippen LogP contribution >= 0.6 is 0 Å². The van der Waals surface area contributed by atoms with Gasteiger partial charge in [-0.3, -0.25) is 19.2 Å². The number of hydrogen-bond donors (Lipinski definition) is 4. The summed E-state index contributed by atoms with van der Waals surface area (Å²) < 4.78 is 7.78. The second kappa shape index (κ2) is 14.8. The molecule has 0 saturated carbocycles. The average molecular weight is 655 g/mol. The molecule has 4 amide bonds. The van der Waals surface area contributed by atoms with E-state index in [1.807, 2.05) is 59.2 Å². The van der Waals surface area contributed by atoms with Crippen molar-refractivity contribution in [3.8, 4) is 11.1 Å². The molecule has 0 spiro atoms. The SMILES string of the molecule is CN(Cc1cc2ccccc2n1CCC(=O)NC(CC(N)=O)C(=O)NCC(=O)O)N(C)C(=O)OCC1c2ccccc2-c2ccccc21. The van der Waals surface area contributed by atoms with Crippen LogP contribution in [0.4, 0.5) is 4.79 Å². The van der Waals surface area contributed by atoms with Crippen molar-refractivity contribution in [3.05, 3.63) is 95.7 Å². The first-order chi connectivity index (χ1) is 23.0. The zero-order chi connectivity index (χ0) is 34.4. The lowest BCUT2D eigenvalue weighted by molar-refractivity contribution is -0.138. The zero-order valence-electron chi connectivity index (χ0n) is 26.7. The summed E-state index contributed by atoms with van der Waals surface area (Å²) in [5, 5.41) is 17.6. The van der Waals surface area contributed by atoms with Crippen LogP contribution in [-0.4, -0.2) is 82.8 Å². The van der Waals surface area contributed by atoms with Crippen molar-refractivity contribution in [2.75, 3.05) is 27.2 Å². The zero-order valence-corrected chi connectivity index (χ0v) is 26.7. The summed E-state index contributed by atoms with van der Waals surface area (Å²) in [6.07, 6.45) is -1.05. The largest absolute Gasteiger partial charge is 0.480 e. The Kier molecular flexibility index (Phi) is 10.4. The third-order valence-corrected chi connectivity index (χ3v) is 8.43. The predicted molar refractivity (Wildman–Crippen MR) is 177 cm³/mol. The van der Waals surface area contributed by atoms with Crippen LogP contribution in [0.3, 0.4) is 0 Å². The van der Waals surface area contributed by atoms with Crippen molar-refractivity contribution in [2.45, 2.75) is 37.9 Å². The number of fused-ring (bicyclic) bond motifs is 4. The smallest absolute Gasteiger partial charge is 0.424 e. The molecule has 0 fully saturated rings. The molecule has 1 aliphatic rings. The maximum absolute atomic E-state index is 13.2. The number of nitrogens with one attached hydrogen (secondary N) is 2. The molecule has 3 aromatic carbocycles. The van der Waals surface area contributed by atoms with Gasteiger partial charge >= 0.3 is 12.1 Å². The van der Waals surface area contributed by atoms with Crippen LogP contribution in [0, 0.1) is 0 Å². The number of nitrogens with zero attached hydrogens (tertiary/aromatic N) is 3. The Bertz CT molecular complexity index is 1810. The van der Waals surface area contributed by atoms with Gasteiger partial charge in [0.2, 0.25) is 17.7 Å². The Labute approximate surface area is 277 Å². The molecule has 48 heavy (non-hydrogen) atoms. The Morgan fingerprint density at radius 3 is 2.21 bits per heavy atom. The third-order valence-electron chi connectivity index (χ3n) is 8.43. The van der Waals surface area contributed by atoms with E-state index >= 15 is 0 Å². The van der Waals surface area contributed by atoms with Gasteiger partial charge in [-0.15, -0.1) is 0 Å².